The van der Waals surface area contributed by atoms with Crippen LogP contribution in [0.4, 0.5) is 5.69 Å². The molecule has 0 N–H and O–H groups in total. The number of anilines is 1. The molecule has 1 saturated heterocycles. The number of nitrogens with zero attached hydrogens (tertiary/aromatic N) is 4. The predicted octanol–water partition coefficient (Wildman–Crippen LogP) is 3.38. The first-order valence-corrected chi connectivity index (χ1v) is 11.8. The Kier molecular flexibility index (Phi) is 6.87. The monoisotopic (exact) mass is 464 g/mol. The van der Waals surface area contributed by atoms with Crippen LogP contribution in [0.1, 0.15) is 5.76 Å². The SMILES string of the molecule is COc1ccc(N2CCN(CCN(C)Cc3cc(-c4ccc5c(c4)OCCO5)no3)CC2)cc1. The lowest BCUT2D eigenvalue weighted by atomic mass is 10.1. The molecular weight excluding hydrogens is 432 g/mol. The summed E-state index contributed by atoms with van der Waals surface area (Å²) in [6, 6.07) is 16.2. The minimum Gasteiger partial charge on any atom is -0.497 e. The van der Waals surface area contributed by atoms with Crippen molar-refractivity contribution in [3.63, 3.8) is 0 Å². The molecule has 0 amide bonds. The van der Waals surface area contributed by atoms with Crippen molar-refractivity contribution in [3.8, 4) is 28.5 Å². The fourth-order valence-electron chi connectivity index (χ4n) is 4.41. The number of fused-ring (bicyclic) bond motifs is 1. The smallest absolute Gasteiger partial charge is 0.162 e. The van der Waals surface area contributed by atoms with E-state index in [-0.39, 0.29) is 0 Å². The van der Waals surface area contributed by atoms with Gasteiger partial charge in [-0.2, -0.15) is 0 Å². The normalized spacial score (nSPS) is 16.1. The van der Waals surface area contributed by atoms with E-state index >= 15 is 0 Å². The predicted molar refractivity (Wildman–Crippen MR) is 131 cm³/mol. The summed E-state index contributed by atoms with van der Waals surface area (Å²) in [6.45, 7) is 8.11. The molecule has 3 aromatic rings. The quantitative estimate of drug-likeness (QED) is 0.503. The summed E-state index contributed by atoms with van der Waals surface area (Å²) < 4.78 is 22.2. The van der Waals surface area contributed by atoms with E-state index in [9.17, 15) is 0 Å². The molecule has 0 bridgehead atoms. The molecule has 5 rings (SSSR count). The largest absolute Gasteiger partial charge is 0.497 e. The highest BCUT2D eigenvalue weighted by Gasteiger charge is 2.18. The molecule has 8 heteroatoms. The number of hydrogen-bond donors (Lipinski definition) is 0. The molecule has 2 aliphatic heterocycles. The van der Waals surface area contributed by atoms with Crippen molar-refractivity contribution < 1.29 is 18.7 Å². The van der Waals surface area contributed by atoms with Gasteiger partial charge in [-0.3, -0.25) is 9.80 Å². The van der Waals surface area contributed by atoms with E-state index in [1.807, 2.05) is 36.4 Å². The van der Waals surface area contributed by atoms with Crippen LogP contribution in [0.25, 0.3) is 11.3 Å². The van der Waals surface area contributed by atoms with Crippen LogP contribution in [0.2, 0.25) is 0 Å². The molecule has 0 unspecified atom stereocenters. The van der Waals surface area contributed by atoms with Gasteiger partial charge >= 0.3 is 0 Å². The molecule has 8 nitrogen and oxygen atoms in total. The highest BCUT2D eigenvalue weighted by molar-refractivity contribution is 5.64. The van der Waals surface area contributed by atoms with Crippen LogP contribution in [0.5, 0.6) is 17.2 Å². The number of piperazine rings is 1. The summed E-state index contributed by atoms with van der Waals surface area (Å²) in [6.07, 6.45) is 0. The van der Waals surface area contributed by atoms with Gasteiger partial charge in [0.2, 0.25) is 0 Å². The standard InChI is InChI=1S/C26H32N4O4/c1-28(9-10-29-11-13-30(14-12-29)21-4-6-22(31-2)7-5-21)19-23-18-24(27-34-23)20-3-8-25-26(17-20)33-16-15-32-25/h3-8,17-18H,9-16,19H2,1-2H3. The lowest BCUT2D eigenvalue weighted by molar-refractivity contribution is 0.171. The fraction of sp³-hybridized carbons (Fsp3) is 0.423. The number of aromatic nitrogens is 1. The van der Waals surface area contributed by atoms with E-state index in [1.165, 1.54) is 5.69 Å². The molecule has 0 atom stereocenters. The van der Waals surface area contributed by atoms with Gasteiger partial charge in [0.15, 0.2) is 17.3 Å². The minimum atomic E-state index is 0.571. The molecule has 0 aliphatic carbocycles. The lowest BCUT2D eigenvalue weighted by Crippen LogP contribution is -2.48. The number of methoxy groups -OCH3 is 1. The van der Waals surface area contributed by atoms with Gasteiger partial charge in [-0.25, -0.2) is 0 Å². The Morgan fingerprint density at radius 3 is 2.47 bits per heavy atom. The molecule has 1 aromatic heterocycles. The summed E-state index contributed by atoms with van der Waals surface area (Å²) in [5.41, 5.74) is 3.04. The van der Waals surface area contributed by atoms with Crippen molar-refractivity contribution in [2.24, 2.45) is 0 Å². The Hall–Kier alpha value is -3.23. The van der Waals surface area contributed by atoms with Crippen molar-refractivity contribution in [3.05, 3.63) is 54.3 Å². The topological polar surface area (TPSA) is 63.4 Å². The first-order valence-electron chi connectivity index (χ1n) is 11.8. The summed E-state index contributed by atoms with van der Waals surface area (Å²) >= 11 is 0. The summed E-state index contributed by atoms with van der Waals surface area (Å²) in [4.78, 5) is 7.25. The van der Waals surface area contributed by atoms with E-state index in [2.05, 4.69) is 39.0 Å². The molecule has 1 fully saturated rings. The Balaban J connectivity index is 1.08. The third kappa shape index (κ3) is 5.29. The van der Waals surface area contributed by atoms with Gasteiger partial charge in [-0.1, -0.05) is 5.16 Å². The van der Waals surface area contributed by atoms with Crippen molar-refractivity contribution in [1.82, 2.24) is 15.0 Å². The Morgan fingerprint density at radius 2 is 1.71 bits per heavy atom. The van der Waals surface area contributed by atoms with E-state index in [0.717, 1.165) is 80.1 Å². The van der Waals surface area contributed by atoms with Gasteiger partial charge in [0.25, 0.3) is 0 Å². The second-order valence-corrected chi connectivity index (χ2v) is 8.80. The molecule has 34 heavy (non-hydrogen) atoms. The third-order valence-electron chi connectivity index (χ3n) is 6.43. The maximum Gasteiger partial charge on any atom is 0.162 e. The fourth-order valence-corrected chi connectivity index (χ4v) is 4.41. The summed E-state index contributed by atoms with van der Waals surface area (Å²) in [5, 5.41) is 4.26. The van der Waals surface area contributed by atoms with Crippen molar-refractivity contribution in [2.75, 3.05) is 71.5 Å². The van der Waals surface area contributed by atoms with E-state index in [1.54, 1.807) is 7.11 Å². The highest BCUT2D eigenvalue weighted by Crippen LogP contribution is 2.34. The van der Waals surface area contributed by atoms with Crippen molar-refractivity contribution in [2.45, 2.75) is 6.54 Å². The number of ether oxygens (including phenoxy) is 3. The van der Waals surface area contributed by atoms with Crippen LogP contribution >= 0.6 is 0 Å². The molecule has 0 radical (unpaired) electrons. The zero-order valence-corrected chi connectivity index (χ0v) is 19.9. The number of likely N-dealkylation sites (N-methyl/N-ethyl adjacent to an activating group) is 1. The van der Waals surface area contributed by atoms with Crippen LogP contribution in [-0.2, 0) is 6.54 Å². The Bertz CT molecular complexity index is 1080. The Labute approximate surface area is 200 Å². The number of hydrogen-bond acceptors (Lipinski definition) is 8. The van der Waals surface area contributed by atoms with Crippen molar-refractivity contribution >= 4 is 5.69 Å². The zero-order chi connectivity index (χ0) is 23.3. The second-order valence-electron chi connectivity index (χ2n) is 8.80. The number of rotatable bonds is 8. The Morgan fingerprint density at radius 1 is 0.941 bits per heavy atom. The maximum atomic E-state index is 5.68. The van der Waals surface area contributed by atoms with Gasteiger partial charge in [0.05, 0.1) is 13.7 Å². The van der Waals surface area contributed by atoms with Gasteiger partial charge in [0.1, 0.15) is 24.7 Å². The third-order valence-corrected chi connectivity index (χ3v) is 6.43. The molecular formula is C26H32N4O4. The first-order chi connectivity index (χ1) is 16.7. The molecule has 0 spiro atoms. The molecule has 2 aromatic carbocycles. The molecule has 2 aliphatic rings. The van der Waals surface area contributed by atoms with Gasteiger partial charge in [-0.15, -0.1) is 0 Å². The zero-order valence-electron chi connectivity index (χ0n) is 19.9. The van der Waals surface area contributed by atoms with Crippen molar-refractivity contribution in [1.29, 1.82) is 0 Å². The lowest BCUT2D eigenvalue weighted by Gasteiger charge is -2.36. The van der Waals surface area contributed by atoms with Crippen LogP contribution in [0.3, 0.4) is 0 Å². The van der Waals surface area contributed by atoms with E-state index in [0.29, 0.717) is 13.2 Å². The van der Waals surface area contributed by atoms with Gasteiger partial charge in [-0.05, 0) is 49.5 Å². The summed E-state index contributed by atoms with van der Waals surface area (Å²) in [7, 11) is 3.83. The minimum absolute atomic E-state index is 0.571. The molecule has 0 saturated carbocycles. The van der Waals surface area contributed by atoms with Crippen LogP contribution in [0.15, 0.2) is 53.1 Å². The average molecular weight is 465 g/mol. The van der Waals surface area contributed by atoms with Gasteiger partial charge in [0, 0.05) is 56.6 Å². The van der Waals surface area contributed by atoms with Crippen LogP contribution in [-0.4, -0.2) is 81.6 Å². The van der Waals surface area contributed by atoms with E-state index in [4.69, 9.17) is 18.7 Å². The summed E-state index contributed by atoms with van der Waals surface area (Å²) in [5.74, 6) is 3.30. The highest BCUT2D eigenvalue weighted by atomic mass is 16.6. The average Bonchev–Trinajstić information content (AvgIpc) is 3.36. The maximum absolute atomic E-state index is 5.68. The van der Waals surface area contributed by atoms with E-state index < -0.39 is 0 Å². The second kappa shape index (κ2) is 10.4. The van der Waals surface area contributed by atoms with Crippen LogP contribution in [0, 0.1) is 0 Å². The first kappa shape index (κ1) is 22.6. The number of benzene rings is 2. The van der Waals surface area contributed by atoms with Gasteiger partial charge < -0.3 is 23.6 Å². The van der Waals surface area contributed by atoms with Crippen LogP contribution < -0.4 is 19.1 Å². The molecule has 3 heterocycles. The molecule has 180 valence electrons.